The molecule has 2 aromatic carbocycles. The summed E-state index contributed by atoms with van der Waals surface area (Å²) in [5.41, 5.74) is 3.78. The number of hydrogen-bond donors (Lipinski definition) is 0. The molecule has 0 radical (unpaired) electrons. The molecule has 15 heavy (non-hydrogen) atoms. The molecule has 0 aromatic heterocycles. The van der Waals surface area contributed by atoms with E-state index >= 15 is 0 Å². The summed E-state index contributed by atoms with van der Waals surface area (Å²) in [6.45, 7) is 0. The Balaban J connectivity index is 2.49. The van der Waals surface area contributed by atoms with Crippen LogP contribution in [0.1, 0.15) is 5.56 Å². The van der Waals surface area contributed by atoms with Crippen LogP contribution in [0.3, 0.4) is 0 Å². The van der Waals surface area contributed by atoms with Gasteiger partial charge in [0.1, 0.15) is 0 Å². The Hall–Kier alpha value is -0.600. The van der Waals surface area contributed by atoms with Gasteiger partial charge in [-0.15, -0.1) is 0 Å². The molecule has 0 bridgehead atoms. The minimum Gasteiger partial charge on any atom is -0.0876 e. The van der Waals surface area contributed by atoms with E-state index in [1.165, 1.54) is 16.7 Å². The Kier molecular flexibility index (Phi) is 3.60. The van der Waals surface area contributed by atoms with Crippen LogP contribution in [0.2, 0.25) is 0 Å². The first-order chi connectivity index (χ1) is 7.31. The van der Waals surface area contributed by atoms with E-state index in [4.69, 9.17) is 0 Å². The molecule has 0 unspecified atom stereocenters. The van der Waals surface area contributed by atoms with Crippen LogP contribution < -0.4 is 0 Å². The molecule has 76 valence electrons. The molecule has 2 aromatic rings. The van der Waals surface area contributed by atoms with Gasteiger partial charge in [0.05, 0.1) is 0 Å². The highest BCUT2D eigenvalue weighted by molar-refractivity contribution is 9.10. The van der Waals surface area contributed by atoms with E-state index in [9.17, 15) is 0 Å². The van der Waals surface area contributed by atoms with Crippen molar-refractivity contribution in [2.75, 3.05) is 0 Å². The topological polar surface area (TPSA) is 0 Å². The van der Waals surface area contributed by atoms with Gasteiger partial charge in [0.15, 0.2) is 0 Å². The standard InChI is InChI=1S/C13H10Br2/c14-9-10-4-3-5-11(8-10)12-6-1-2-7-13(12)15/h1-8H,9H2. The molecule has 0 saturated heterocycles. The van der Waals surface area contributed by atoms with Crippen LogP contribution in [0.15, 0.2) is 53.0 Å². The smallest absolute Gasteiger partial charge is 0.0283 e. The van der Waals surface area contributed by atoms with Crippen LogP contribution in [0, 0.1) is 0 Å². The Morgan fingerprint density at radius 3 is 2.47 bits per heavy atom. The quantitative estimate of drug-likeness (QED) is 0.681. The number of rotatable bonds is 2. The van der Waals surface area contributed by atoms with E-state index in [-0.39, 0.29) is 0 Å². The number of alkyl halides is 1. The summed E-state index contributed by atoms with van der Waals surface area (Å²) >= 11 is 7.04. The molecule has 2 heteroatoms. The molecular formula is C13H10Br2. The Bertz CT molecular complexity index is 464. The second kappa shape index (κ2) is 4.95. The second-order valence-electron chi connectivity index (χ2n) is 3.31. The van der Waals surface area contributed by atoms with E-state index in [1.54, 1.807) is 0 Å². The van der Waals surface area contributed by atoms with Crippen molar-refractivity contribution in [2.45, 2.75) is 5.33 Å². The van der Waals surface area contributed by atoms with Gasteiger partial charge >= 0.3 is 0 Å². The molecule has 0 aliphatic rings. The predicted octanol–water partition coefficient (Wildman–Crippen LogP) is 5.01. The molecule has 0 amide bonds. The van der Waals surface area contributed by atoms with Gasteiger partial charge in [0.25, 0.3) is 0 Å². The molecule has 0 heterocycles. The lowest BCUT2D eigenvalue weighted by Gasteiger charge is -2.05. The largest absolute Gasteiger partial charge is 0.0876 e. The van der Waals surface area contributed by atoms with E-state index in [0.717, 1.165) is 9.80 Å². The van der Waals surface area contributed by atoms with Gasteiger partial charge in [-0.05, 0) is 22.8 Å². The van der Waals surface area contributed by atoms with Gasteiger partial charge in [-0.3, -0.25) is 0 Å². The second-order valence-corrected chi connectivity index (χ2v) is 4.73. The van der Waals surface area contributed by atoms with Crippen molar-refractivity contribution in [3.8, 4) is 11.1 Å². The number of hydrogen-bond acceptors (Lipinski definition) is 0. The fraction of sp³-hybridized carbons (Fsp3) is 0.0769. The van der Waals surface area contributed by atoms with Gasteiger partial charge in [-0.25, -0.2) is 0 Å². The van der Waals surface area contributed by atoms with Crippen molar-refractivity contribution in [3.63, 3.8) is 0 Å². The average molecular weight is 326 g/mol. The summed E-state index contributed by atoms with van der Waals surface area (Å²) in [5, 5.41) is 0.894. The molecule has 0 aliphatic carbocycles. The van der Waals surface area contributed by atoms with Crippen LogP contribution in [-0.4, -0.2) is 0 Å². The van der Waals surface area contributed by atoms with Crippen LogP contribution >= 0.6 is 31.9 Å². The van der Waals surface area contributed by atoms with Crippen molar-refractivity contribution < 1.29 is 0 Å². The van der Waals surface area contributed by atoms with Crippen molar-refractivity contribution in [1.82, 2.24) is 0 Å². The summed E-state index contributed by atoms with van der Waals surface area (Å²) in [5.74, 6) is 0. The third-order valence-electron chi connectivity index (χ3n) is 2.27. The van der Waals surface area contributed by atoms with Gasteiger partial charge in [0.2, 0.25) is 0 Å². The molecule has 0 nitrogen and oxygen atoms in total. The molecule has 0 saturated carbocycles. The molecule has 0 N–H and O–H groups in total. The van der Waals surface area contributed by atoms with Crippen LogP contribution in [0.5, 0.6) is 0 Å². The molecule has 2 rings (SSSR count). The first-order valence-electron chi connectivity index (χ1n) is 4.71. The maximum absolute atomic E-state index is 3.57. The summed E-state index contributed by atoms with van der Waals surface area (Å²) in [6.07, 6.45) is 0. The zero-order chi connectivity index (χ0) is 10.7. The van der Waals surface area contributed by atoms with Gasteiger partial charge in [0, 0.05) is 9.80 Å². The van der Waals surface area contributed by atoms with Gasteiger partial charge in [-0.2, -0.15) is 0 Å². The highest BCUT2D eigenvalue weighted by atomic mass is 79.9. The van der Waals surface area contributed by atoms with Crippen LogP contribution in [0.4, 0.5) is 0 Å². The molecule has 0 atom stereocenters. The molecule has 0 aliphatic heterocycles. The fourth-order valence-corrected chi connectivity index (χ4v) is 2.38. The van der Waals surface area contributed by atoms with Crippen molar-refractivity contribution in [2.24, 2.45) is 0 Å². The maximum atomic E-state index is 3.57. The highest BCUT2D eigenvalue weighted by Gasteiger charge is 2.02. The Morgan fingerprint density at radius 1 is 0.933 bits per heavy atom. The third-order valence-corrected chi connectivity index (χ3v) is 3.61. The van der Waals surface area contributed by atoms with Crippen LogP contribution in [0.25, 0.3) is 11.1 Å². The lowest BCUT2D eigenvalue weighted by atomic mass is 10.0. The number of benzene rings is 2. The Labute approximate surface area is 107 Å². The molecular weight excluding hydrogens is 316 g/mol. The van der Waals surface area contributed by atoms with Gasteiger partial charge < -0.3 is 0 Å². The monoisotopic (exact) mass is 324 g/mol. The third kappa shape index (κ3) is 2.50. The SMILES string of the molecule is BrCc1cccc(-c2ccccc2Br)c1. The van der Waals surface area contributed by atoms with E-state index < -0.39 is 0 Å². The minimum atomic E-state index is 0.894. The lowest BCUT2D eigenvalue weighted by molar-refractivity contribution is 1.43. The predicted molar refractivity (Wildman–Crippen MR) is 72.2 cm³/mol. The summed E-state index contributed by atoms with van der Waals surface area (Å²) in [4.78, 5) is 0. The average Bonchev–Trinajstić information content (AvgIpc) is 2.30. The summed E-state index contributed by atoms with van der Waals surface area (Å²) in [6, 6.07) is 16.8. The zero-order valence-electron chi connectivity index (χ0n) is 8.08. The van der Waals surface area contributed by atoms with Gasteiger partial charge in [-0.1, -0.05) is 74.3 Å². The van der Waals surface area contributed by atoms with E-state index in [2.05, 4.69) is 74.3 Å². The normalized spacial score (nSPS) is 10.3. The van der Waals surface area contributed by atoms with Crippen molar-refractivity contribution in [3.05, 3.63) is 58.6 Å². The van der Waals surface area contributed by atoms with Crippen molar-refractivity contribution in [1.29, 1.82) is 0 Å². The minimum absolute atomic E-state index is 0.894. The summed E-state index contributed by atoms with van der Waals surface area (Å²) in [7, 11) is 0. The fourth-order valence-electron chi connectivity index (χ4n) is 1.52. The molecule has 0 spiro atoms. The maximum Gasteiger partial charge on any atom is 0.0283 e. The lowest BCUT2D eigenvalue weighted by Crippen LogP contribution is -1.82. The van der Waals surface area contributed by atoms with E-state index in [1.807, 2.05) is 6.07 Å². The van der Waals surface area contributed by atoms with Crippen molar-refractivity contribution >= 4 is 31.9 Å². The number of halogens is 2. The van der Waals surface area contributed by atoms with E-state index in [0.29, 0.717) is 0 Å². The van der Waals surface area contributed by atoms with Crippen LogP contribution in [-0.2, 0) is 5.33 Å². The first-order valence-corrected chi connectivity index (χ1v) is 6.62. The highest BCUT2D eigenvalue weighted by Crippen LogP contribution is 2.28. The first kappa shape index (κ1) is 10.9. The summed E-state index contributed by atoms with van der Waals surface area (Å²) < 4.78 is 1.14. The zero-order valence-corrected chi connectivity index (χ0v) is 11.3. The molecule has 0 fully saturated rings. The Morgan fingerprint density at radius 2 is 1.73 bits per heavy atom.